The Bertz CT molecular complexity index is 877. The fraction of sp³-hybridized carbons (Fsp3) is 0.273. The van der Waals surface area contributed by atoms with Crippen LogP contribution in [0.4, 0.5) is 11.6 Å². The molecule has 0 aliphatic heterocycles. The summed E-state index contributed by atoms with van der Waals surface area (Å²) in [5.41, 5.74) is 2.28. The highest BCUT2D eigenvalue weighted by Gasteiger charge is 2.22. The van der Waals surface area contributed by atoms with Gasteiger partial charge in [-0.15, -0.1) is 0 Å². The van der Waals surface area contributed by atoms with Gasteiger partial charge in [0.1, 0.15) is 17.4 Å². The molecule has 0 unspecified atom stereocenters. The van der Waals surface area contributed by atoms with Crippen molar-refractivity contribution in [2.75, 3.05) is 24.3 Å². The number of nitrogens with zero attached hydrogens (tertiary/aromatic N) is 2. The first kappa shape index (κ1) is 17.3. The van der Waals surface area contributed by atoms with E-state index in [1.54, 1.807) is 7.11 Å². The molecule has 27 heavy (non-hydrogen) atoms. The third-order valence-electron chi connectivity index (χ3n) is 4.57. The van der Waals surface area contributed by atoms with E-state index < -0.39 is 0 Å². The molecule has 0 atom stereocenters. The molecule has 1 aromatic heterocycles. The molecule has 2 aromatic carbocycles. The zero-order valence-electron chi connectivity index (χ0n) is 15.5. The smallest absolute Gasteiger partial charge is 0.163 e. The Hall–Kier alpha value is -3.08. The fourth-order valence-electron chi connectivity index (χ4n) is 2.89. The quantitative estimate of drug-likeness (QED) is 0.624. The number of hydrogen-bond acceptors (Lipinski definition) is 5. The van der Waals surface area contributed by atoms with Gasteiger partial charge in [0, 0.05) is 24.2 Å². The summed E-state index contributed by atoms with van der Waals surface area (Å²) in [6.45, 7) is 0.806. The van der Waals surface area contributed by atoms with Crippen molar-refractivity contribution in [2.24, 2.45) is 0 Å². The van der Waals surface area contributed by atoms with Crippen LogP contribution in [-0.4, -0.2) is 29.7 Å². The van der Waals surface area contributed by atoms with Crippen molar-refractivity contribution in [1.29, 1.82) is 0 Å². The zero-order chi connectivity index (χ0) is 18.5. The number of nitrogens with one attached hydrogen (secondary N) is 2. The molecule has 0 bridgehead atoms. The van der Waals surface area contributed by atoms with Gasteiger partial charge in [-0.3, -0.25) is 0 Å². The first-order valence-electron chi connectivity index (χ1n) is 9.38. The average molecular weight is 360 g/mol. The molecule has 0 spiro atoms. The molecule has 1 fully saturated rings. The minimum absolute atomic E-state index is 0.552. The predicted molar refractivity (Wildman–Crippen MR) is 109 cm³/mol. The van der Waals surface area contributed by atoms with Gasteiger partial charge in [0.05, 0.1) is 7.11 Å². The van der Waals surface area contributed by atoms with E-state index in [0.717, 1.165) is 41.7 Å². The highest BCUT2D eigenvalue weighted by atomic mass is 16.5. The topological polar surface area (TPSA) is 59.1 Å². The molecule has 2 N–H and O–H groups in total. The van der Waals surface area contributed by atoms with Crippen LogP contribution >= 0.6 is 0 Å². The Balaban J connectivity index is 1.46. The van der Waals surface area contributed by atoms with E-state index in [1.807, 2.05) is 48.5 Å². The van der Waals surface area contributed by atoms with Crippen LogP contribution in [0.3, 0.4) is 0 Å². The Morgan fingerprint density at radius 1 is 0.963 bits per heavy atom. The Kier molecular flexibility index (Phi) is 5.19. The predicted octanol–water partition coefficient (Wildman–Crippen LogP) is 4.38. The van der Waals surface area contributed by atoms with Gasteiger partial charge >= 0.3 is 0 Å². The van der Waals surface area contributed by atoms with E-state index in [-0.39, 0.29) is 0 Å². The van der Waals surface area contributed by atoms with Gasteiger partial charge < -0.3 is 15.4 Å². The monoisotopic (exact) mass is 360 g/mol. The molecule has 0 radical (unpaired) electrons. The van der Waals surface area contributed by atoms with Gasteiger partial charge in [-0.05, 0) is 37.0 Å². The molecule has 5 nitrogen and oxygen atoms in total. The number of anilines is 2. The third kappa shape index (κ3) is 4.76. The van der Waals surface area contributed by atoms with Crippen LogP contribution < -0.4 is 15.4 Å². The molecule has 0 amide bonds. The molecule has 1 saturated carbocycles. The molecular weight excluding hydrogens is 336 g/mol. The number of methoxy groups -OCH3 is 1. The van der Waals surface area contributed by atoms with Crippen molar-refractivity contribution in [2.45, 2.75) is 25.3 Å². The second kappa shape index (κ2) is 8.08. The van der Waals surface area contributed by atoms with Crippen LogP contribution in [0.2, 0.25) is 0 Å². The van der Waals surface area contributed by atoms with Gasteiger partial charge in [0.2, 0.25) is 0 Å². The van der Waals surface area contributed by atoms with Crippen molar-refractivity contribution in [3.05, 3.63) is 66.2 Å². The van der Waals surface area contributed by atoms with E-state index in [4.69, 9.17) is 14.7 Å². The van der Waals surface area contributed by atoms with Crippen molar-refractivity contribution >= 4 is 11.6 Å². The summed E-state index contributed by atoms with van der Waals surface area (Å²) >= 11 is 0. The maximum atomic E-state index is 5.21. The summed E-state index contributed by atoms with van der Waals surface area (Å²) in [5, 5.41) is 6.93. The first-order chi connectivity index (χ1) is 13.3. The lowest BCUT2D eigenvalue weighted by Crippen LogP contribution is -2.10. The van der Waals surface area contributed by atoms with E-state index in [2.05, 4.69) is 22.8 Å². The minimum atomic E-state index is 0.552. The summed E-state index contributed by atoms with van der Waals surface area (Å²) in [4.78, 5) is 9.40. The van der Waals surface area contributed by atoms with Crippen LogP contribution in [0.5, 0.6) is 5.75 Å². The maximum Gasteiger partial charge on any atom is 0.163 e. The molecule has 1 aliphatic carbocycles. The summed E-state index contributed by atoms with van der Waals surface area (Å²) < 4.78 is 5.21. The van der Waals surface area contributed by atoms with Gasteiger partial charge in [0.25, 0.3) is 0 Å². The van der Waals surface area contributed by atoms with Crippen LogP contribution in [0, 0.1) is 0 Å². The minimum Gasteiger partial charge on any atom is -0.497 e. The number of ether oxygens (including phenoxy) is 1. The molecule has 5 heteroatoms. The third-order valence-corrected chi connectivity index (χ3v) is 4.57. The van der Waals surface area contributed by atoms with Crippen molar-refractivity contribution in [1.82, 2.24) is 9.97 Å². The van der Waals surface area contributed by atoms with Gasteiger partial charge in [-0.1, -0.05) is 42.5 Å². The number of aromatic nitrogens is 2. The Morgan fingerprint density at radius 2 is 1.70 bits per heavy atom. The first-order valence-corrected chi connectivity index (χ1v) is 9.38. The second-order valence-electron chi connectivity index (χ2n) is 6.77. The van der Waals surface area contributed by atoms with Crippen molar-refractivity contribution < 1.29 is 4.74 Å². The van der Waals surface area contributed by atoms with E-state index in [1.165, 1.54) is 18.4 Å². The molecular formula is C22H24N4O. The molecule has 3 aromatic rings. The van der Waals surface area contributed by atoms with Gasteiger partial charge in [-0.25, -0.2) is 9.97 Å². The van der Waals surface area contributed by atoms with E-state index >= 15 is 0 Å². The zero-order valence-corrected chi connectivity index (χ0v) is 15.5. The van der Waals surface area contributed by atoms with Crippen molar-refractivity contribution in [3.8, 4) is 17.1 Å². The van der Waals surface area contributed by atoms with Crippen molar-refractivity contribution in [3.63, 3.8) is 0 Å². The van der Waals surface area contributed by atoms with Gasteiger partial charge in [-0.2, -0.15) is 0 Å². The number of hydrogen-bond donors (Lipinski definition) is 2. The summed E-state index contributed by atoms with van der Waals surface area (Å²) in [7, 11) is 1.68. The lowest BCUT2D eigenvalue weighted by Gasteiger charge is -2.11. The van der Waals surface area contributed by atoms with Crippen LogP contribution in [0.15, 0.2) is 60.7 Å². The molecule has 138 valence electrons. The highest BCUT2D eigenvalue weighted by Crippen LogP contribution is 2.26. The van der Waals surface area contributed by atoms with Crippen LogP contribution in [0.1, 0.15) is 18.4 Å². The molecule has 1 heterocycles. The fourth-order valence-corrected chi connectivity index (χ4v) is 2.89. The van der Waals surface area contributed by atoms with Crippen LogP contribution in [-0.2, 0) is 6.42 Å². The molecule has 0 saturated heterocycles. The lowest BCUT2D eigenvalue weighted by molar-refractivity contribution is 0.414. The Morgan fingerprint density at radius 3 is 2.41 bits per heavy atom. The summed E-state index contributed by atoms with van der Waals surface area (Å²) in [5.74, 6) is 3.36. The summed E-state index contributed by atoms with van der Waals surface area (Å²) in [6.07, 6.45) is 3.34. The van der Waals surface area contributed by atoms with Crippen LogP contribution in [0.25, 0.3) is 11.4 Å². The normalized spacial score (nSPS) is 13.2. The summed E-state index contributed by atoms with van der Waals surface area (Å²) in [6, 6.07) is 20.8. The Labute approximate surface area is 159 Å². The molecule has 4 rings (SSSR count). The maximum absolute atomic E-state index is 5.21. The largest absolute Gasteiger partial charge is 0.497 e. The highest BCUT2D eigenvalue weighted by molar-refractivity contribution is 5.61. The second-order valence-corrected chi connectivity index (χ2v) is 6.77. The lowest BCUT2D eigenvalue weighted by atomic mass is 10.1. The number of benzene rings is 2. The molecule has 1 aliphatic rings. The van der Waals surface area contributed by atoms with E-state index in [9.17, 15) is 0 Å². The van der Waals surface area contributed by atoms with Gasteiger partial charge in [0.15, 0.2) is 5.82 Å². The standard InChI is InChI=1S/C22H24N4O/c1-27-19-11-7-16(8-12-19)13-14-23-20-15-21(24-18-9-10-18)26-22(25-20)17-5-3-2-4-6-17/h2-8,11-12,15,18H,9-10,13-14H2,1H3,(H2,23,24,25,26). The number of rotatable bonds is 8. The SMILES string of the molecule is COc1ccc(CCNc2cc(NC3CC3)nc(-c3ccccc3)n2)cc1. The van der Waals surface area contributed by atoms with E-state index in [0.29, 0.717) is 6.04 Å². The average Bonchev–Trinajstić information content (AvgIpc) is 3.53.